The van der Waals surface area contributed by atoms with Gasteiger partial charge in [0, 0.05) is 23.5 Å². The first-order chi connectivity index (χ1) is 15.1. The van der Waals surface area contributed by atoms with Crippen LogP contribution in [0.3, 0.4) is 0 Å². The third-order valence-electron chi connectivity index (χ3n) is 5.08. The fourth-order valence-electron chi connectivity index (χ4n) is 3.48. The van der Waals surface area contributed by atoms with Crippen molar-refractivity contribution in [2.45, 2.75) is 0 Å². The van der Waals surface area contributed by atoms with Gasteiger partial charge in [-0.05, 0) is 42.0 Å². The van der Waals surface area contributed by atoms with E-state index in [2.05, 4.69) is 15.4 Å². The van der Waals surface area contributed by atoms with Crippen molar-refractivity contribution < 1.29 is 14.3 Å². The van der Waals surface area contributed by atoms with E-state index < -0.39 is 0 Å². The normalized spacial score (nSPS) is 13.5. The van der Waals surface area contributed by atoms with Gasteiger partial charge in [0.2, 0.25) is 5.95 Å². The highest BCUT2D eigenvalue weighted by Gasteiger charge is 2.24. The highest BCUT2D eigenvalue weighted by molar-refractivity contribution is 5.90. The number of anilines is 4. The second-order valence-electron chi connectivity index (χ2n) is 7.05. The Balaban J connectivity index is 1.42. The van der Waals surface area contributed by atoms with Gasteiger partial charge in [0.1, 0.15) is 12.4 Å². The van der Waals surface area contributed by atoms with Crippen molar-refractivity contribution in [1.82, 2.24) is 14.6 Å². The monoisotopic (exact) mass is 416 g/mol. The molecule has 2 aromatic heterocycles. The molecule has 0 spiro atoms. The number of carbonyl (C=O) groups excluding carboxylic acids is 1. The van der Waals surface area contributed by atoms with Gasteiger partial charge in [-0.3, -0.25) is 4.90 Å². The van der Waals surface area contributed by atoms with Gasteiger partial charge in [-0.15, -0.1) is 5.10 Å². The molecular formula is C22H20N6O3. The third kappa shape index (κ3) is 3.57. The summed E-state index contributed by atoms with van der Waals surface area (Å²) in [4.78, 5) is 17.9. The second-order valence-corrected chi connectivity index (χ2v) is 7.05. The van der Waals surface area contributed by atoms with Gasteiger partial charge in [-0.2, -0.15) is 4.98 Å². The minimum Gasteiger partial charge on any atom is -0.494 e. The number of pyridine rings is 1. The van der Waals surface area contributed by atoms with Gasteiger partial charge < -0.3 is 20.5 Å². The molecule has 31 heavy (non-hydrogen) atoms. The van der Waals surface area contributed by atoms with Crippen LogP contribution in [0.2, 0.25) is 0 Å². The number of nitrogens with zero attached hydrogens (tertiary/aromatic N) is 4. The maximum absolute atomic E-state index is 11.8. The number of amides is 1. The van der Waals surface area contributed by atoms with Crippen LogP contribution >= 0.6 is 0 Å². The average Bonchev–Trinajstić information content (AvgIpc) is 3.39. The predicted molar refractivity (Wildman–Crippen MR) is 118 cm³/mol. The van der Waals surface area contributed by atoms with E-state index in [1.54, 1.807) is 22.6 Å². The quantitative estimate of drug-likeness (QED) is 0.478. The third-order valence-corrected chi connectivity index (χ3v) is 5.08. The molecule has 0 atom stereocenters. The smallest absolute Gasteiger partial charge is 0.414 e. The first-order valence-corrected chi connectivity index (χ1v) is 9.72. The van der Waals surface area contributed by atoms with E-state index in [4.69, 9.17) is 15.2 Å². The van der Waals surface area contributed by atoms with Gasteiger partial charge in [0.25, 0.3) is 0 Å². The molecule has 1 amide bonds. The number of rotatable bonds is 5. The zero-order chi connectivity index (χ0) is 21.4. The lowest BCUT2D eigenvalue weighted by Gasteiger charge is -2.16. The molecule has 3 N–H and O–H groups in total. The number of cyclic esters (lactones) is 1. The summed E-state index contributed by atoms with van der Waals surface area (Å²) in [6.07, 6.45) is 1.56. The van der Waals surface area contributed by atoms with Crippen LogP contribution in [-0.2, 0) is 4.74 Å². The van der Waals surface area contributed by atoms with Crippen LogP contribution in [0, 0.1) is 0 Å². The van der Waals surface area contributed by atoms with Crippen LogP contribution in [0.5, 0.6) is 5.75 Å². The fraction of sp³-hybridized carbons (Fsp3) is 0.136. The minimum atomic E-state index is -0.360. The van der Waals surface area contributed by atoms with Crippen LogP contribution in [0.25, 0.3) is 16.8 Å². The minimum absolute atomic E-state index is 0.360. The number of nitrogens with two attached hydrogens (primary N) is 1. The Bertz CT molecular complexity index is 1270. The van der Waals surface area contributed by atoms with Crippen molar-refractivity contribution in [3.63, 3.8) is 0 Å². The summed E-state index contributed by atoms with van der Waals surface area (Å²) in [5.41, 5.74) is 10.6. The van der Waals surface area contributed by atoms with Crippen molar-refractivity contribution in [3.05, 3.63) is 60.8 Å². The predicted octanol–water partition coefficient (Wildman–Crippen LogP) is 3.69. The number of carbonyl (C=O) groups is 1. The number of nitrogens with one attached hydrogen (secondary N) is 1. The summed E-state index contributed by atoms with van der Waals surface area (Å²) in [6, 6.07) is 17.0. The highest BCUT2D eigenvalue weighted by atomic mass is 16.6. The largest absolute Gasteiger partial charge is 0.494 e. The molecule has 0 radical (unpaired) electrons. The van der Waals surface area contributed by atoms with Crippen molar-refractivity contribution in [2.24, 2.45) is 0 Å². The number of nitrogen functional groups attached to an aromatic ring is 1. The molecule has 1 aliphatic heterocycles. The molecule has 156 valence electrons. The summed E-state index contributed by atoms with van der Waals surface area (Å²) < 4.78 is 12.2. The molecule has 0 saturated carbocycles. The van der Waals surface area contributed by atoms with E-state index in [9.17, 15) is 4.79 Å². The van der Waals surface area contributed by atoms with Crippen molar-refractivity contribution in [2.75, 3.05) is 36.2 Å². The molecule has 9 nitrogen and oxygen atoms in total. The number of benzene rings is 2. The Morgan fingerprint density at radius 3 is 2.65 bits per heavy atom. The zero-order valence-corrected chi connectivity index (χ0v) is 16.8. The Labute approximate surface area is 178 Å². The average molecular weight is 416 g/mol. The summed E-state index contributed by atoms with van der Waals surface area (Å²) in [5, 5.41) is 7.72. The number of aromatic nitrogens is 3. The summed E-state index contributed by atoms with van der Waals surface area (Å²) in [5.74, 6) is 1.000. The standard InChI is InChI=1S/C22H20N6O3/c1-30-19-12-17(27-10-11-31-22(27)29)7-8-18(19)24-21-25-20-9-4-15(13-28(20)26-21)14-2-5-16(23)6-3-14/h2-9,12-13H,10-11,23H2,1H3,(H,24,26). The Morgan fingerprint density at radius 2 is 1.90 bits per heavy atom. The maximum atomic E-state index is 11.8. The van der Waals surface area contributed by atoms with E-state index >= 15 is 0 Å². The SMILES string of the molecule is COc1cc(N2CCOC2=O)ccc1Nc1nc2ccc(-c3ccc(N)cc3)cn2n1. The molecule has 0 unspecified atom stereocenters. The molecule has 1 fully saturated rings. The lowest BCUT2D eigenvalue weighted by atomic mass is 10.1. The van der Waals surface area contributed by atoms with E-state index in [0.717, 1.165) is 16.8 Å². The molecule has 9 heteroatoms. The number of hydrogen-bond donors (Lipinski definition) is 2. The Kier molecular flexibility index (Phi) is 4.55. The highest BCUT2D eigenvalue weighted by Crippen LogP contribution is 2.32. The molecule has 0 aliphatic carbocycles. The molecule has 1 aliphatic rings. The van der Waals surface area contributed by atoms with Crippen molar-refractivity contribution in [1.29, 1.82) is 0 Å². The van der Waals surface area contributed by atoms with Crippen LogP contribution in [-0.4, -0.2) is 41.0 Å². The molecule has 2 aromatic carbocycles. The lowest BCUT2D eigenvalue weighted by molar-refractivity contribution is 0.181. The Morgan fingerprint density at radius 1 is 1.10 bits per heavy atom. The second kappa shape index (κ2) is 7.52. The van der Waals surface area contributed by atoms with Crippen LogP contribution in [0.4, 0.5) is 27.8 Å². The van der Waals surface area contributed by atoms with Gasteiger partial charge in [0.15, 0.2) is 5.65 Å². The van der Waals surface area contributed by atoms with E-state index in [0.29, 0.717) is 41.9 Å². The maximum Gasteiger partial charge on any atom is 0.414 e. The first kappa shape index (κ1) is 18.7. The summed E-state index contributed by atoms with van der Waals surface area (Å²) in [6.45, 7) is 0.893. The molecule has 5 rings (SSSR count). The fourth-order valence-corrected chi connectivity index (χ4v) is 3.48. The van der Waals surface area contributed by atoms with E-state index in [1.165, 1.54) is 0 Å². The van der Waals surface area contributed by atoms with Gasteiger partial charge in [0.05, 0.1) is 25.0 Å². The van der Waals surface area contributed by atoms with Crippen LogP contribution < -0.4 is 20.7 Å². The Hall–Kier alpha value is -4.27. The lowest BCUT2D eigenvalue weighted by Crippen LogP contribution is -2.23. The molecule has 4 aromatic rings. The van der Waals surface area contributed by atoms with E-state index in [1.807, 2.05) is 54.7 Å². The van der Waals surface area contributed by atoms with Gasteiger partial charge in [-0.1, -0.05) is 12.1 Å². The molecule has 3 heterocycles. The number of ether oxygens (including phenoxy) is 2. The van der Waals surface area contributed by atoms with E-state index in [-0.39, 0.29) is 6.09 Å². The molecular weight excluding hydrogens is 396 g/mol. The van der Waals surface area contributed by atoms with Crippen LogP contribution in [0.15, 0.2) is 60.8 Å². The number of hydrogen-bond acceptors (Lipinski definition) is 7. The summed E-state index contributed by atoms with van der Waals surface area (Å²) >= 11 is 0. The first-order valence-electron chi connectivity index (χ1n) is 9.72. The molecule has 0 bridgehead atoms. The van der Waals surface area contributed by atoms with Gasteiger partial charge in [-0.25, -0.2) is 9.31 Å². The summed E-state index contributed by atoms with van der Waals surface area (Å²) in [7, 11) is 1.57. The van der Waals surface area contributed by atoms with Crippen LogP contribution in [0.1, 0.15) is 0 Å². The number of methoxy groups -OCH3 is 1. The number of fused-ring (bicyclic) bond motifs is 1. The van der Waals surface area contributed by atoms with Gasteiger partial charge >= 0.3 is 6.09 Å². The van der Waals surface area contributed by atoms with Crippen molar-refractivity contribution >= 4 is 34.8 Å². The zero-order valence-electron chi connectivity index (χ0n) is 16.8. The molecule has 1 saturated heterocycles. The van der Waals surface area contributed by atoms with Crippen molar-refractivity contribution in [3.8, 4) is 16.9 Å². The topological polar surface area (TPSA) is 107 Å².